The molecule has 0 radical (unpaired) electrons. The van der Waals surface area contributed by atoms with E-state index >= 15 is 0 Å². The molecule has 0 bridgehead atoms. The quantitative estimate of drug-likeness (QED) is 0.682. The van der Waals surface area contributed by atoms with Gasteiger partial charge in [-0.1, -0.05) is 45.9 Å². The normalized spacial score (nSPS) is 17.1. The third-order valence-electron chi connectivity index (χ3n) is 5.93. The smallest absolute Gasteiger partial charge is 0.263 e. The molecule has 0 unspecified atom stereocenters. The number of fused-ring (bicyclic) bond motifs is 1. The average molecular weight is 475 g/mol. The summed E-state index contributed by atoms with van der Waals surface area (Å²) >= 11 is 0. The van der Waals surface area contributed by atoms with E-state index in [9.17, 15) is 13.2 Å². The zero-order valence-corrected chi connectivity index (χ0v) is 21.2. The molecule has 1 aliphatic heterocycles. The van der Waals surface area contributed by atoms with Crippen molar-refractivity contribution >= 4 is 21.6 Å². The maximum atomic E-state index is 13.2. The Morgan fingerprint density at radius 3 is 2.48 bits per heavy atom. The number of methoxy groups -OCH3 is 1. The molecule has 1 aliphatic rings. The van der Waals surface area contributed by atoms with Crippen LogP contribution in [-0.4, -0.2) is 40.3 Å². The zero-order valence-electron chi connectivity index (χ0n) is 20.4. The number of anilines is 1. The highest BCUT2D eigenvalue weighted by atomic mass is 32.2. The Hall–Kier alpha value is -2.74. The highest BCUT2D eigenvalue weighted by Gasteiger charge is 2.36. The van der Waals surface area contributed by atoms with E-state index in [0.29, 0.717) is 17.9 Å². The first-order valence-electron chi connectivity index (χ1n) is 11.1. The number of aryl methyl sites for hydroxylation is 1. The number of benzene rings is 2. The highest BCUT2D eigenvalue weighted by molar-refractivity contribution is 7.92. The van der Waals surface area contributed by atoms with Crippen molar-refractivity contribution in [3.05, 3.63) is 53.1 Å². The Morgan fingerprint density at radius 2 is 1.94 bits per heavy atom. The molecule has 0 spiro atoms. The van der Waals surface area contributed by atoms with Gasteiger partial charge in [-0.25, -0.2) is 8.42 Å². The molecule has 180 valence electrons. The van der Waals surface area contributed by atoms with Gasteiger partial charge in [0.05, 0.1) is 31.6 Å². The number of nitrogens with zero attached hydrogens (tertiary/aromatic N) is 1. The van der Waals surface area contributed by atoms with Gasteiger partial charge < -0.3 is 14.8 Å². The van der Waals surface area contributed by atoms with Crippen LogP contribution in [0.3, 0.4) is 0 Å². The van der Waals surface area contributed by atoms with Gasteiger partial charge in [-0.15, -0.1) is 0 Å². The van der Waals surface area contributed by atoms with E-state index in [1.165, 1.54) is 4.31 Å². The fraction of sp³-hybridized carbons (Fsp3) is 0.480. The van der Waals surface area contributed by atoms with E-state index in [1.807, 2.05) is 44.2 Å². The summed E-state index contributed by atoms with van der Waals surface area (Å²) in [4.78, 5) is 13.2. The van der Waals surface area contributed by atoms with E-state index in [1.54, 1.807) is 13.2 Å². The van der Waals surface area contributed by atoms with E-state index in [2.05, 4.69) is 26.1 Å². The molecular formula is C25H34N2O5S. The Balaban J connectivity index is 1.88. The number of sulfonamides is 1. The predicted octanol–water partition coefficient (Wildman–Crippen LogP) is 4.10. The minimum absolute atomic E-state index is 0.0800. The summed E-state index contributed by atoms with van der Waals surface area (Å²) in [6.45, 7) is 10.0. The first kappa shape index (κ1) is 24.9. The summed E-state index contributed by atoms with van der Waals surface area (Å²) in [7, 11) is -1.99. The molecule has 0 aromatic heterocycles. The fourth-order valence-corrected chi connectivity index (χ4v) is 4.88. The molecule has 1 N–H and O–H groups in total. The second-order valence-corrected chi connectivity index (χ2v) is 11.4. The van der Waals surface area contributed by atoms with Gasteiger partial charge in [-0.3, -0.25) is 9.10 Å². The Morgan fingerprint density at radius 1 is 1.24 bits per heavy atom. The number of carbonyl (C=O) groups is 1. The van der Waals surface area contributed by atoms with Crippen molar-refractivity contribution in [1.82, 2.24) is 5.32 Å². The Bertz CT molecular complexity index is 1140. The molecule has 0 aliphatic carbocycles. The lowest BCUT2D eigenvalue weighted by atomic mass is 9.86. The largest absolute Gasteiger partial charge is 0.496 e. The van der Waals surface area contributed by atoms with Crippen molar-refractivity contribution in [2.24, 2.45) is 0 Å². The second-order valence-electron chi connectivity index (χ2n) is 9.53. The lowest BCUT2D eigenvalue weighted by molar-refractivity contribution is -0.128. The summed E-state index contributed by atoms with van der Waals surface area (Å²) in [6, 6.07) is 11.0. The third kappa shape index (κ3) is 5.43. The number of nitrogens with one attached hydrogen (secondary N) is 1. The summed E-state index contributed by atoms with van der Waals surface area (Å²) in [5, 5.41) is 3.03. The van der Waals surface area contributed by atoms with Crippen LogP contribution in [0.25, 0.3) is 0 Å². The monoisotopic (exact) mass is 474 g/mol. The SMILES string of the molecule is CC[C@@H](NC(=O)[C@H]1CN(S(C)(=O)=O)c2cc(C(C)(C)C)ccc2O1)c1ccc(OC)c(C)c1. The molecule has 2 atom stereocenters. The molecule has 1 amide bonds. The maximum Gasteiger partial charge on any atom is 0.263 e. The van der Waals surface area contributed by atoms with Crippen LogP contribution in [0.15, 0.2) is 36.4 Å². The summed E-state index contributed by atoms with van der Waals surface area (Å²) in [6.07, 6.45) is 0.863. The van der Waals surface area contributed by atoms with Gasteiger partial charge in [0.1, 0.15) is 11.5 Å². The van der Waals surface area contributed by atoms with Crippen LogP contribution < -0.4 is 19.1 Å². The van der Waals surface area contributed by atoms with E-state index < -0.39 is 16.1 Å². The number of amides is 1. The lowest BCUT2D eigenvalue weighted by Gasteiger charge is -2.35. The van der Waals surface area contributed by atoms with Crippen molar-refractivity contribution in [3.63, 3.8) is 0 Å². The topological polar surface area (TPSA) is 84.9 Å². The molecule has 3 rings (SSSR count). The Labute approximate surface area is 197 Å². The van der Waals surface area contributed by atoms with Gasteiger partial charge in [0, 0.05) is 0 Å². The summed E-state index contributed by atoms with van der Waals surface area (Å²) < 4.78 is 37.8. The van der Waals surface area contributed by atoms with Gasteiger partial charge >= 0.3 is 0 Å². The molecule has 33 heavy (non-hydrogen) atoms. The lowest BCUT2D eigenvalue weighted by Crippen LogP contribution is -2.51. The number of ether oxygens (including phenoxy) is 2. The van der Waals surface area contributed by atoms with Crippen LogP contribution in [0.2, 0.25) is 0 Å². The average Bonchev–Trinajstić information content (AvgIpc) is 2.74. The molecular weight excluding hydrogens is 440 g/mol. The van der Waals surface area contributed by atoms with E-state index in [4.69, 9.17) is 9.47 Å². The molecule has 7 nitrogen and oxygen atoms in total. The minimum atomic E-state index is -3.61. The second kappa shape index (κ2) is 9.25. The molecule has 1 heterocycles. The number of hydrogen-bond acceptors (Lipinski definition) is 5. The molecule has 0 fully saturated rings. The van der Waals surface area contributed by atoms with Gasteiger partial charge in [0.2, 0.25) is 10.0 Å². The first-order chi connectivity index (χ1) is 15.3. The molecule has 2 aromatic carbocycles. The highest BCUT2D eigenvalue weighted by Crippen LogP contribution is 2.38. The Kier molecular flexibility index (Phi) is 6.98. The van der Waals surface area contributed by atoms with Crippen LogP contribution in [-0.2, 0) is 20.2 Å². The zero-order chi connectivity index (χ0) is 24.6. The standard InChI is InChI=1S/C25H34N2O5S/c1-8-19(17-9-11-21(31-6)16(2)13-17)26-24(28)23-15-27(33(7,29)30)20-14-18(25(3,4)5)10-12-22(20)32-23/h9-14,19,23H,8,15H2,1-7H3,(H,26,28)/t19-,23-/m1/s1. The van der Waals surface area contributed by atoms with Crippen molar-refractivity contribution in [2.75, 3.05) is 24.2 Å². The van der Waals surface area contributed by atoms with Crippen LogP contribution in [0.1, 0.15) is 56.8 Å². The third-order valence-corrected chi connectivity index (χ3v) is 7.08. The minimum Gasteiger partial charge on any atom is -0.496 e. The van der Waals surface area contributed by atoms with Crippen LogP contribution >= 0.6 is 0 Å². The van der Waals surface area contributed by atoms with Crippen molar-refractivity contribution in [1.29, 1.82) is 0 Å². The number of hydrogen-bond donors (Lipinski definition) is 1. The summed E-state index contributed by atoms with van der Waals surface area (Å²) in [5.41, 5.74) is 3.23. The van der Waals surface area contributed by atoms with Gasteiger partial charge in [0.15, 0.2) is 6.10 Å². The van der Waals surface area contributed by atoms with E-state index in [0.717, 1.165) is 28.7 Å². The van der Waals surface area contributed by atoms with Crippen LogP contribution in [0, 0.1) is 6.92 Å². The van der Waals surface area contributed by atoms with Crippen LogP contribution in [0.5, 0.6) is 11.5 Å². The van der Waals surface area contributed by atoms with Crippen molar-refractivity contribution < 1.29 is 22.7 Å². The first-order valence-corrected chi connectivity index (χ1v) is 12.9. The molecule has 8 heteroatoms. The molecule has 0 saturated heterocycles. The van der Waals surface area contributed by atoms with Crippen molar-refractivity contribution in [3.8, 4) is 11.5 Å². The number of carbonyl (C=O) groups excluding carboxylic acids is 1. The number of rotatable bonds is 6. The summed E-state index contributed by atoms with van der Waals surface area (Å²) in [5.74, 6) is 0.813. The molecule has 0 saturated carbocycles. The van der Waals surface area contributed by atoms with Crippen LogP contribution in [0.4, 0.5) is 5.69 Å². The predicted molar refractivity (Wildman–Crippen MR) is 131 cm³/mol. The van der Waals surface area contributed by atoms with E-state index in [-0.39, 0.29) is 23.9 Å². The molecule has 2 aromatic rings. The van der Waals surface area contributed by atoms with Gasteiger partial charge in [-0.2, -0.15) is 0 Å². The fourth-order valence-electron chi connectivity index (χ4n) is 3.97. The van der Waals surface area contributed by atoms with Gasteiger partial charge in [0.25, 0.3) is 5.91 Å². The van der Waals surface area contributed by atoms with Crippen molar-refractivity contribution in [2.45, 2.75) is 58.6 Å². The maximum absolute atomic E-state index is 13.2. The van der Waals surface area contributed by atoms with Gasteiger partial charge in [-0.05, 0) is 53.6 Å².